The lowest BCUT2D eigenvalue weighted by Gasteiger charge is -2.20. The molecule has 0 spiro atoms. The van der Waals surface area contributed by atoms with Crippen LogP contribution in [-0.4, -0.2) is 27.2 Å². The normalized spacial score (nSPS) is 12.8. The number of benzene rings is 2. The molecule has 2 heterocycles. The number of nitro benzene ring substituents is 1. The molecule has 2 aromatic carbocycles. The Morgan fingerprint density at radius 1 is 1.31 bits per heavy atom. The van der Waals surface area contributed by atoms with Crippen molar-refractivity contribution in [1.29, 1.82) is 0 Å². The lowest BCUT2D eigenvalue weighted by Crippen LogP contribution is -2.25. The molecule has 148 valence electrons. The lowest BCUT2D eigenvalue weighted by molar-refractivity contribution is -0.385. The molecule has 3 aromatic rings. The van der Waals surface area contributed by atoms with Gasteiger partial charge in [0.1, 0.15) is 18.9 Å². The Labute approximate surface area is 163 Å². The maximum Gasteiger partial charge on any atom is 0.326 e. The third kappa shape index (κ3) is 3.78. The molecule has 1 aromatic heterocycles. The van der Waals surface area contributed by atoms with Crippen molar-refractivity contribution in [3.05, 3.63) is 74.3 Å². The number of para-hydroxylation sites is 1. The second-order valence-electron chi connectivity index (χ2n) is 6.32. The number of nitro groups is 1. The minimum Gasteiger partial charge on any atom is -0.467 e. The zero-order valence-electron chi connectivity index (χ0n) is 15.1. The van der Waals surface area contributed by atoms with Gasteiger partial charge in [-0.15, -0.1) is 0 Å². The summed E-state index contributed by atoms with van der Waals surface area (Å²) >= 11 is 0. The predicted molar refractivity (Wildman–Crippen MR) is 99.2 cm³/mol. The molecule has 0 amide bonds. The number of carbonyl (C=O) groups is 1. The van der Waals surface area contributed by atoms with Gasteiger partial charge in [0.2, 0.25) is 0 Å². The number of hydrogen-bond donors (Lipinski definition) is 0. The van der Waals surface area contributed by atoms with E-state index in [-0.39, 0.29) is 37.8 Å². The minimum absolute atomic E-state index is 0.00388. The van der Waals surface area contributed by atoms with Gasteiger partial charge in [0.05, 0.1) is 28.8 Å². The molecule has 1 aliphatic rings. The van der Waals surface area contributed by atoms with E-state index in [1.165, 1.54) is 18.5 Å². The summed E-state index contributed by atoms with van der Waals surface area (Å²) in [6.45, 7) is -0.406. The van der Waals surface area contributed by atoms with Crippen molar-refractivity contribution >= 4 is 22.6 Å². The Balaban J connectivity index is 1.52. The zero-order valence-corrected chi connectivity index (χ0v) is 15.1. The predicted octanol–water partition coefficient (Wildman–Crippen LogP) is 1.91. The van der Waals surface area contributed by atoms with E-state index >= 15 is 0 Å². The van der Waals surface area contributed by atoms with Crippen LogP contribution >= 0.6 is 0 Å². The summed E-state index contributed by atoms with van der Waals surface area (Å²) in [6, 6.07) is 9.46. The molecule has 0 aliphatic carbocycles. The summed E-state index contributed by atoms with van der Waals surface area (Å²) in [5, 5.41) is 11.5. The first-order valence-electron chi connectivity index (χ1n) is 8.63. The van der Waals surface area contributed by atoms with Crippen molar-refractivity contribution in [2.75, 3.05) is 6.79 Å². The average Bonchev–Trinajstić information content (AvgIpc) is 2.74. The van der Waals surface area contributed by atoms with Gasteiger partial charge in [0.25, 0.3) is 11.2 Å². The lowest BCUT2D eigenvalue weighted by atomic mass is 10.1. The van der Waals surface area contributed by atoms with Crippen LogP contribution in [0.15, 0.2) is 47.5 Å². The zero-order chi connectivity index (χ0) is 20.4. The number of aromatic nitrogens is 2. The fourth-order valence-corrected chi connectivity index (χ4v) is 3.06. The summed E-state index contributed by atoms with van der Waals surface area (Å²) in [5.41, 5.74) is 0.880. The molecule has 0 saturated heterocycles. The van der Waals surface area contributed by atoms with Gasteiger partial charge in [-0.1, -0.05) is 12.1 Å². The summed E-state index contributed by atoms with van der Waals surface area (Å²) in [6.07, 6.45) is 1.28. The monoisotopic (exact) mass is 397 g/mol. The summed E-state index contributed by atoms with van der Waals surface area (Å²) in [5.74, 6) is -0.282. The van der Waals surface area contributed by atoms with E-state index in [9.17, 15) is 19.7 Å². The Morgan fingerprint density at radius 3 is 2.97 bits per heavy atom. The molecular weight excluding hydrogens is 382 g/mol. The summed E-state index contributed by atoms with van der Waals surface area (Å²) < 4.78 is 16.9. The van der Waals surface area contributed by atoms with Gasteiger partial charge in [-0.2, -0.15) is 0 Å². The van der Waals surface area contributed by atoms with Crippen LogP contribution in [0.5, 0.6) is 5.75 Å². The van der Waals surface area contributed by atoms with Gasteiger partial charge < -0.3 is 14.2 Å². The van der Waals surface area contributed by atoms with Crippen molar-refractivity contribution in [2.24, 2.45) is 0 Å². The number of carbonyl (C=O) groups excluding carboxylic acids is 1. The molecule has 0 radical (unpaired) electrons. The van der Waals surface area contributed by atoms with E-state index in [0.29, 0.717) is 27.8 Å². The Hall–Kier alpha value is -3.79. The van der Waals surface area contributed by atoms with E-state index in [2.05, 4.69) is 4.98 Å². The highest BCUT2D eigenvalue weighted by molar-refractivity contribution is 5.77. The largest absolute Gasteiger partial charge is 0.467 e. The summed E-state index contributed by atoms with van der Waals surface area (Å²) in [7, 11) is 0. The third-order valence-corrected chi connectivity index (χ3v) is 4.40. The standard InChI is InChI=1S/C19H15N3O7/c23-17(7-21-10-20-16-4-2-1-3-15(16)19(21)24)28-9-13-6-14(22(25)26)5-12-8-27-11-29-18(12)13/h1-6,10H,7-9,11H2. The van der Waals surface area contributed by atoms with E-state index in [0.717, 1.165) is 4.57 Å². The van der Waals surface area contributed by atoms with Gasteiger partial charge in [0, 0.05) is 23.3 Å². The number of esters is 1. The van der Waals surface area contributed by atoms with Gasteiger partial charge in [-0.3, -0.25) is 24.3 Å². The highest BCUT2D eigenvalue weighted by Crippen LogP contribution is 2.33. The van der Waals surface area contributed by atoms with Crippen molar-refractivity contribution in [1.82, 2.24) is 9.55 Å². The second kappa shape index (κ2) is 7.68. The third-order valence-electron chi connectivity index (χ3n) is 4.40. The number of hydrogen-bond acceptors (Lipinski definition) is 8. The summed E-state index contributed by atoms with van der Waals surface area (Å²) in [4.78, 5) is 39.4. The van der Waals surface area contributed by atoms with Crippen LogP contribution in [0.1, 0.15) is 11.1 Å². The molecule has 10 nitrogen and oxygen atoms in total. The van der Waals surface area contributed by atoms with Crippen molar-refractivity contribution in [2.45, 2.75) is 19.8 Å². The Bertz CT molecular complexity index is 1170. The number of fused-ring (bicyclic) bond motifs is 2. The highest BCUT2D eigenvalue weighted by Gasteiger charge is 2.22. The molecular formula is C19H15N3O7. The molecule has 0 saturated carbocycles. The fourth-order valence-electron chi connectivity index (χ4n) is 3.06. The second-order valence-corrected chi connectivity index (χ2v) is 6.32. The molecule has 4 rings (SSSR count). The first kappa shape index (κ1) is 18.6. The topological polar surface area (TPSA) is 123 Å². The van der Waals surface area contributed by atoms with E-state index < -0.39 is 10.9 Å². The van der Waals surface area contributed by atoms with Gasteiger partial charge >= 0.3 is 5.97 Å². The number of ether oxygens (including phenoxy) is 3. The minimum atomic E-state index is -0.684. The van der Waals surface area contributed by atoms with Crippen molar-refractivity contribution in [3.8, 4) is 5.75 Å². The molecule has 10 heteroatoms. The van der Waals surface area contributed by atoms with Crippen LogP contribution in [0.2, 0.25) is 0 Å². The maximum absolute atomic E-state index is 12.5. The van der Waals surface area contributed by atoms with Gasteiger partial charge in [0.15, 0.2) is 6.79 Å². The Kier molecular flexibility index (Phi) is 4.92. The fraction of sp³-hybridized carbons (Fsp3) is 0.211. The van der Waals surface area contributed by atoms with Crippen LogP contribution in [0.3, 0.4) is 0 Å². The van der Waals surface area contributed by atoms with E-state index in [1.54, 1.807) is 24.3 Å². The van der Waals surface area contributed by atoms with Gasteiger partial charge in [-0.05, 0) is 12.1 Å². The quantitative estimate of drug-likeness (QED) is 0.363. The maximum atomic E-state index is 12.5. The molecule has 0 atom stereocenters. The van der Waals surface area contributed by atoms with Crippen LogP contribution in [0.25, 0.3) is 10.9 Å². The molecule has 1 aliphatic heterocycles. The first-order chi connectivity index (χ1) is 14.0. The van der Waals surface area contributed by atoms with Crippen LogP contribution < -0.4 is 10.3 Å². The molecule has 0 bridgehead atoms. The van der Waals surface area contributed by atoms with E-state index in [1.807, 2.05) is 0 Å². The SMILES string of the molecule is O=C(Cn1cnc2ccccc2c1=O)OCc1cc([N+](=O)[O-])cc2c1OCOC2. The Morgan fingerprint density at radius 2 is 2.14 bits per heavy atom. The first-order valence-corrected chi connectivity index (χ1v) is 8.63. The van der Waals surface area contributed by atoms with Crippen LogP contribution in [0, 0.1) is 10.1 Å². The van der Waals surface area contributed by atoms with Crippen LogP contribution in [0.4, 0.5) is 5.69 Å². The molecule has 29 heavy (non-hydrogen) atoms. The molecule has 0 unspecified atom stereocenters. The van der Waals surface area contributed by atoms with Gasteiger partial charge in [-0.25, -0.2) is 4.98 Å². The smallest absolute Gasteiger partial charge is 0.326 e. The van der Waals surface area contributed by atoms with Crippen molar-refractivity contribution < 1.29 is 23.9 Å². The highest BCUT2D eigenvalue weighted by atomic mass is 16.7. The van der Waals surface area contributed by atoms with Crippen molar-refractivity contribution in [3.63, 3.8) is 0 Å². The number of non-ortho nitro benzene ring substituents is 1. The molecule has 0 N–H and O–H groups in total. The molecule has 0 fully saturated rings. The number of rotatable bonds is 5. The number of nitrogens with zero attached hydrogens (tertiary/aromatic N) is 3. The van der Waals surface area contributed by atoms with E-state index in [4.69, 9.17) is 14.2 Å². The van der Waals surface area contributed by atoms with Crippen LogP contribution in [-0.2, 0) is 34.0 Å². The average molecular weight is 397 g/mol.